The third kappa shape index (κ3) is 3.55. The van der Waals surface area contributed by atoms with Crippen molar-refractivity contribution in [3.63, 3.8) is 0 Å². The Bertz CT molecular complexity index is 885. The lowest BCUT2D eigenvalue weighted by molar-refractivity contribution is 0.136. The van der Waals surface area contributed by atoms with Gasteiger partial charge in [0.2, 0.25) is 0 Å². The first-order valence-corrected chi connectivity index (χ1v) is 10.0. The summed E-state index contributed by atoms with van der Waals surface area (Å²) < 4.78 is 0. The predicted molar refractivity (Wildman–Crippen MR) is 113 cm³/mol. The standard InChI is InChI=1S/C20H25Cl2N5/c1-19(2)7-13-8-20(3,9-19)10-27(13)18-16(23)17(24-11-25-18)26-15-5-4-12(21)6-14(15)22/h4-6,11,13H,7-10,23H2,1-3H3,(H,24,25,26). The van der Waals surface area contributed by atoms with Crippen LogP contribution in [0.4, 0.5) is 23.0 Å². The van der Waals surface area contributed by atoms with Crippen LogP contribution in [0, 0.1) is 10.8 Å². The third-order valence-electron chi connectivity index (χ3n) is 5.73. The van der Waals surface area contributed by atoms with Crippen molar-refractivity contribution in [1.29, 1.82) is 0 Å². The highest BCUT2D eigenvalue weighted by Crippen LogP contribution is 2.54. The first-order valence-electron chi connectivity index (χ1n) is 9.25. The van der Waals surface area contributed by atoms with Crippen LogP contribution in [0.1, 0.15) is 40.0 Å². The second-order valence-electron chi connectivity index (χ2n) is 9.05. The molecule has 2 aliphatic rings. The average molecular weight is 406 g/mol. The molecule has 1 aromatic heterocycles. The zero-order valence-corrected chi connectivity index (χ0v) is 17.4. The second-order valence-corrected chi connectivity index (χ2v) is 9.89. The fraction of sp³-hybridized carbons (Fsp3) is 0.500. The Hall–Kier alpha value is -1.72. The minimum absolute atomic E-state index is 0.302. The number of rotatable bonds is 3. The number of nitrogens with zero attached hydrogens (tertiary/aromatic N) is 3. The summed E-state index contributed by atoms with van der Waals surface area (Å²) in [6.45, 7) is 8.08. The molecule has 144 valence electrons. The fourth-order valence-corrected chi connectivity index (χ4v) is 5.60. The zero-order chi connectivity index (χ0) is 19.4. The van der Waals surface area contributed by atoms with Crippen LogP contribution >= 0.6 is 23.2 Å². The molecular formula is C20H25Cl2N5. The van der Waals surface area contributed by atoms with Gasteiger partial charge in [0, 0.05) is 17.6 Å². The second kappa shape index (κ2) is 6.42. The molecule has 27 heavy (non-hydrogen) atoms. The highest BCUT2D eigenvalue weighted by Gasteiger charge is 2.50. The zero-order valence-electron chi connectivity index (χ0n) is 15.9. The van der Waals surface area contributed by atoms with Crippen LogP contribution in [0.15, 0.2) is 24.5 Å². The van der Waals surface area contributed by atoms with Crippen molar-refractivity contribution in [2.24, 2.45) is 10.8 Å². The number of nitrogens with one attached hydrogen (secondary N) is 1. The Labute approximate surface area is 170 Å². The van der Waals surface area contributed by atoms with Gasteiger partial charge in [-0.1, -0.05) is 44.0 Å². The van der Waals surface area contributed by atoms with Gasteiger partial charge >= 0.3 is 0 Å². The molecule has 2 aromatic rings. The Morgan fingerprint density at radius 1 is 1.19 bits per heavy atom. The summed E-state index contributed by atoms with van der Waals surface area (Å²) in [4.78, 5) is 11.2. The highest BCUT2D eigenvalue weighted by atomic mass is 35.5. The quantitative estimate of drug-likeness (QED) is 0.703. The van der Waals surface area contributed by atoms with E-state index in [0.29, 0.717) is 44.1 Å². The van der Waals surface area contributed by atoms with Crippen molar-refractivity contribution in [3.05, 3.63) is 34.6 Å². The van der Waals surface area contributed by atoms with Gasteiger partial charge in [-0.25, -0.2) is 9.97 Å². The lowest BCUT2D eigenvalue weighted by Crippen LogP contribution is -2.35. The first-order chi connectivity index (χ1) is 12.7. The van der Waals surface area contributed by atoms with E-state index in [1.165, 1.54) is 12.8 Å². The van der Waals surface area contributed by atoms with Crippen LogP contribution in [-0.4, -0.2) is 22.6 Å². The number of aromatic nitrogens is 2. The number of nitrogens with two attached hydrogens (primary N) is 1. The lowest BCUT2D eigenvalue weighted by atomic mass is 9.65. The van der Waals surface area contributed by atoms with Crippen LogP contribution in [0.25, 0.3) is 0 Å². The minimum Gasteiger partial charge on any atom is -0.393 e. The van der Waals surface area contributed by atoms with E-state index in [0.717, 1.165) is 18.8 Å². The molecule has 2 fully saturated rings. The molecule has 0 spiro atoms. The summed E-state index contributed by atoms with van der Waals surface area (Å²) in [5.41, 5.74) is 8.39. The SMILES string of the molecule is CC1(C)CC2CC(C)(CN2c2ncnc(Nc3ccc(Cl)cc3Cl)c2N)C1. The van der Waals surface area contributed by atoms with Gasteiger partial charge in [-0.3, -0.25) is 0 Å². The Morgan fingerprint density at radius 2 is 1.96 bits per heavy atom. The van der Waals surface area contributed by atoms with Crippen LogP contribution in [0.5, 0.6) is 0 Å². The fourth-order valence-electron chi connectivity index (χ4n) is 5.14. The van der Waals surface area contributed by atoms with Crippen LogP contribution in [-0.2, 0) is 0 Å². The molecule has 2 unspecified atom stereocenters. The highest BCUT2D eigenvalue weighted by molar-refractivity contribution is 6.36. The molecular weight excluding hydrogens is 381 g/mol. The molecule has 0 radical (unpaired) electrons. The van der Waals surface area contributed by atoms with E-state index in [1.54, 1.807) is 18.5 Å². The minimum atomic E-state index is 0.302. The Kier molecular flexibility index (Phi) is 4.43. The van der Waals surface area contributed by atoms with Crippen molar-refractivity contribution in [2.75, 3.05) is 22.5 Å². The van der Waals surface area contributed by atoms with E-state index in [2.05, 4.69) is 41.0 Å². The van der Waals surface area contributed by atoms with Crippen LogP contribution in [0.2, 0.25) is 10.0 Å². The predicted octanol–water partition coefficient (Wildman–Crippen LogP) is 5.51. The smallest absolute Gasteiger partial charge is 0.159 e. The number of nitrogen functional groups attached to an aromatic ring is 1. The maximum absolute atomic E-state index is 6.49. The molecule has 4 rings (SSSR count). The number of halogens is 2. The van der Waals surface area contributed by atoms with E-state index in [-0.39, 0.29) is 0 Å². The van der Waals surface area contributed by atoms with Gasteiger partial charge in [0.25, 0.3) is 0 Å². The molecule has 1 aromatic carbocycles. The molecule has 1 saturated heterocycles. The van der Waals surface area contributed by atoms with Gasteiger partial charge in [-0.15, -0.1) is 0 Å². The molecule has 0 amide bonds. The molecule has 1 saturated carbocycles. The van der Waals surface area contributed by atoms with Crippen LogP contribution in [0.3, 0.4) is 0 Å². The normalized spacial score (nSPS) is 26.3. The van der Waals surface area contributed by atoms with Gasteiger partial charge in [0.05, 0.1) is 10.7 Å². The van der Waals surface area contributed by atoms with E-state index < -0.39 is 0 Å². The van der Waals surface area contributed by atoms with Crippen molar-refractivity contribution >= 4 is 46.2 Å². The molecule has 1 aliphatic heterocycles. The molecule has 2 heterocycles. The summed E-state index contributed by atoms with van der Waals surface area (Å²) >= 11 is 12.3. The Balaban J connectivity index is 1.65. The van der Waals surface area contributed by atoms with Gasteiger partial charge in [-0.05, 0) is 48.3 Å². The molecule has 5 nitrogen and oxygen atoms in total. The molecule has 7 heteroatoms. The number of hydrogen-bond acceptors (Lipinski definition) is 5. The van der Waals surface area contributed by atoms with Crippen LogP contribution < -0.4 is 16.0 Å². The maximum Gasteiger partial charge on any atom is 0.159 e. The van der Waals surface area contributed by atoms with Crippen molar-refractivity contribution in [2.45, 2.75) is 46.1 Å². The molecule has 2 bridgehead atoms. The number of anilines is 4. The van der Waals surface area contributed by atoms with E-state index in [1.807, 2.05) is 6.07 Å². The summed E-state index contributed by atoms with van der Waals surface area (Å²) in [7, 11) is 0. The number of benzene rings is 1. The summed E-state index contributed by atoms with van der Waals surface area (Å²) in [5.74, 6) is 1.37. The third-order valence-corrected chi connectivity index (χ3v) is 6.28. The molecule has 1 aliphatic carbocycles. The molecule has 2 atom stereocenters. The maximum atomic E-state index is 6.49. The van der Waals surface area contributed by atoms with Gasteiger partial charge in [0.15, 0.2) is 11.6 Å². The van der Waals surface area contributed by atoms with E-state index >= 15 is 0 Å². The van der Waals surface area contributed by atoms with Gasteiger partial charge in [0.1, 0.15) is 12.0 Å². The number of hydrogen-bond donors (Lipinski definition) is 2. The van der Waals surface area contributed by atoms with Gasteiger partial charge < -0.3 is 16.0 Å². The monoisotopic (exact) mass is 405 g/mol. The summed E-state index contributed by atoms with van der Waals surface area (Å²) in [5, 5.41) is 4.33. The largest absolute Gasteiger partial charge is 0.393 e. The van der Waals surface area contributed by atoms with Gasteiger partial charge in [-0.2, -0.15) is 0 Å². The number of fused-ring (bicyclic) bond motifs is 2. The topological polar surface area (TPSA) is 67.1 Å². The summed E-state index contributed by atoms with van der Waals surface area (Å²) in [6, 6.07) is 5.75. The van der Waals surface area contributed by atoms with E-state index in [9.17, 15) is 0 Å². The first kappa shape index (κ1) is 18.6. The van der Waals surface area contributed by atoms with Crippen molar-refractivity contribution in [3.8, 4) is 0 Å². The lowest BCUT2D eigenvalue weighted by Gasteiger charge is -2.39. The van der Waals surface area contributed by atoms with E-state index in [4.69, 9.17) is 28.9 Å². The Morgan fingerprint density at radius 3 is 2.70 bits per heavy atom. The van der Waals surface area contributed by atoms with Crippen molar-refractivity contribution < 1.29 is 0 Å². The van der Waals surface area contributed by atoms with Crippen molar-refractivity contribution in [1.82, 2.24) is 9.97 Å². The average Bonchev–Trinajstić information content (AvgIpc) is 2.80. The molecule has 3 N–H and O–H groups in total. The summed E-state index contributed by atoms with van der Waals surface area (Å²) in [6.07, 6.45) is 5.13.